The molecule has 0 aliphatic heterocycles. The van der Waals surface area contributed by atoms with E-state index in [-0.39, 0.29) is 5.91 Å². The van der Waals surface area contributed by atoms with E-state index in [1.807, 2.05) is 18.2 Å². The van der Waals surface area contributed by atoms with Gasteiger partial charge < -0.3 is 5.32 Å². The molecule has 1 aromatic carbocycles. The number of aryl methyl sites for hydroxylation is 1. The molecule has 1 amide bonds. The second kappa shape index (κ2) is 7.08. The summed E-state index contributed by atoms with van der Waals surface area (Å²) in [6.07, 6.45) is 2.31. The highest BCUT2D eigenvalue weighted by Gasteiger charge is 2.07. The number of carbonyl (C=O) groups excluding carboxylic acids is 1. The molecular weight excluding hydrogens is 346 g/mol. The fraction of sp³-hybridized carbons (Fsp3) is 0.214. The summed E-state index contributed by atoms with van der Waals surface area (Å²) < 4.78 is 0.725. The maximum atomic E-state index is 11.8. The van der Waals surface area contributed by atoms with Gasteiger partial charge in [-0.3, -0.25) is 4.79 Å². The van der Waals surface area contributed by atoms with Crippen molar-refractivity contribution < 1.29 is 4.79 Å². The fourth-order valence-corrected chi connectivity index (χ4v) is 2.98. The van der Waals surface area contributed by atoms with Crippen LogP contribution in [0, 0.1) is 0 Å². The van der Waals surface area contributed by atoms with Crippen LogP contribution in [0.15, 0.2) is 40.2 Å². The van der Waals surface area contributed by atoms with Gasteiger partial charge in [0.25, 0.3) is 0 Å². The van der Waals surface area contributed by atoms with E-state index >= 15 is 0 Å². The molecule has 2 nitrogen and oxygen atoms in total. The van der Waals surface area contributed by atoms with E-state index in [1.54, 1.807) is 17.4 Å². The molecule has 0 saturated carbocycles. The van der Waals surface area contributed by atoms with E-state index in [1.165, 1.54) is 4.88 Å². The van der Waals surface area contributed by atoms with Crippen molar-refractivity contribution in [1.82, 2.24) is 0 Å². The lowest BCUT2D eigenvalue weighted by atomic mass is 10.2. The number of hydrogen-bond acceptors (Lipinski definition) is 2. The molecule has 0 aliphatic rings. The summed E-state index contributed by atoms with van der Waals surface area (Å²) in [5.74, 6) is 0.0134. The van der Waals surface area contributed by atoms with E-state index in [0.29, 0.717) is 17.1 Å². The SMILES string of the molecule is O=C(CCCc1cccs1)Nc1cccc(Cl)c1Br. The number of halogens is 2. The minimum atomic E-state index is 0.0134. The quantitative estimate of drug-likeness (QED) is 0.789. The average molecular weight is 359 g/mol. The van der Waals surface area contributed by atoms with Crippen molar-refractivity contribution in [2.45, 2.75) is 19.3 Å². The first-order valence-corrected chi connectivity index (χ1v) is 7.98. The van der Waals surface area contributed by atoms with Crippen molar-refractivity contribution in [1.29, 1.82) is 0 Å². The third-order valence-corrected chi connectivity index (χ3v) is 4.97. The number of thiophene rings is 1. The standard InChI is InChI=1S/C14H13BrClNOS/c15-14-11(16)6-2-7-12(14)17-13(18)8-1-4-10-5-3-9-19-10/h2-3,5-7,9H,1,4,8H2,(H,17,18). The van der Waals surface area contributed by atoms with Crippen molar-refractivity contribution in [3.8, 4) is 0 Å². The molecule has 1 heterocycles. The van der Waals surface area contributed by atoms with Gasteiger partial charge in [0.15, 0.2) is 0 Å². The minimum absolute atomic E-state index is 0.0134. The van der Waals surface area contributed by atoms with Crippen molar-refractivity contribution in [2.75, 3.05) is 5.32 Å². The largest absolute Gasteiger partial charge is 0.325 e. The Kier molecular flexibility index (Phi) is 5.43. The maximum absolute atomic E-state index is 11.8. The molecule has 2 aromatic rings. The van der Waals surface area contributed by atoms with Gasteiger partial charge in [-0.1, -0.05) is 23.7 Å². The topological polar surface area (TPSA) is 29.1 Å². The zero-order chi connectivity index (χ0) is 13.7. The van der Waals surface area contributed by atoms with E-state index in [2.05, 4.69) is 32.7 Å². The van der Waals surface area contributed by atoms with Crippen LogP contribution in [0.4, 0.5) is 5.69 Å². The zero-order valence-electron chi connectivity index (χ0n) is 10.2. The van der Waals surface area contributed by atoms with Crippen LogP contribution >= 0.6 is 38.9 Å². The number of anilines is 1. The molecule has 0 radical (unpaired) electrons. The third-order valence-electron chi connectivity index (χ3n) is 2.63. The number of hydrogen-bond donors (Lipinski definition) is 1. The van der Waals surface area contributed by atoms with E-state index in [4.69, 9.17) is 11.6 Å². The Hall–Kier alpha value is -0.840. The molecule has 1 N–H and O–H groups in total. The lowest BCUT2D eigenvalue weighted by Gasteiger charge is -2.08. The van der Waals surface area contributed by atoms with E-state index < -0.39 is 0 Å². The van der Waals surface area contributed by atoms with Crippen LogP contribution in [0.3, 0.4) is 0 Å². The molecule has 0 saturated heterocycles. The molecule has 2 rings (SSSR count). The normalized spacial score (nSPS) is 10.4. The second-order valence-electron chi connectivity index (χ2n) is 4.08. The smallest absolute Gasteiger partial charge is 0.224 e. The average Bonchev–Trinajstić information content (AvgIpc) is 2.88. The van der Waals surface area contributed by atoms with Crippen molar-refractivity contribution in [3.05, 3.63) is 50.1 Å². The van der Waals surface area contributed by atoms with Crippen LogP contribution in [-0.4, -0.2) is 5.91 Å². The van der Waals surface area contributed by atoms with Crippen LogP contribution in [0.1, 0.15) is 17.7 Å². The highest BCUT2D eigenvalue weighted by atomic mass is 79.9. The van der Waals surface area contributed by atoms with Gasteiger partial charge in [0.1, 0.15) is 0 Å². The monoisotopic (exact) mass is 357 g/mol. The Morgan fingerprint density at radius 1 is 1.32 bits per heavy atom. The summed E-state index contributed by atoms with van der Waals surface area (Å²) in [6, 6.07) is 9.54. The predicted octanol–water partition coefficient (Wildman–Crippen LogP) is 5.13. The second-order valence-corrected chi connectivity index (χ2v) is 6.31. The molecule has 0 aliphatic carbocycles. The van der Waals surface area contributed by atoms with Crippen LogP contribution in [-0.2, 0) is 11.2 Å². The van der Waals surface area contributed by atoms with Gasteiger partial charge >= 0.3 is 0 Å². The maximum Gasteiger partial charge on any atom is 0.224 e. The number of benzene rings is 1. The predicted molar refractivity (Wildman–Crippen MR) is 85.0 cm³/mol. The summed E-state index contributed by atoms with van der Waals surface area (Å²) >= 11 is 11.1. The van der Waals surface area contributed by atoms with Crippen molar-refractivity contribution >= 4 is 50.5 Å². The lowest BCUT2D eigenvalue weighted by molar-refractivity contribution is -0.116. The number of carbonyl (C=O) groups is 1. The number of amides is 1. The van der Waals surface area contributed by atoms with Gasteiger partial charge in [-0.15, -0.1) is 11.3 Å². The Labute approximate surface area is 129 Å². The van der Waals surface area contributed by atoms with Gasteiger partial charge in [0.05, 0.1) is 15.2 Å². The Morgan fingerprint density at radius 3 is 2.89 bits per heavy atom. The van der Waals surface area contributed by atoms with Crippen LogP contribution in [0.25, 0.3) is 0 Å². The molecule has 0 fully saturated rings. The first-order chi connectivity index (χ1) is 9.16. The number of nitrogens with one attached hydrogen (secondary N) is 1. The van der Waals surface area contributed by atoms with E-state index in [9.17, 15) is 4.79 Å². The van der Waals surface area contributed by atoms with Crippen molar-refractivity contribution in [2.24, 2.45) is 0 Å². The van der Waals surface area contributed by atoms with Gasteiger partial charge in [0.2, 0.25) is 5.91 Å². The molecule has 0 spiro atoms. The molecule has 0 bridgehead atoms. The lowest BCUT2D eigenvalue weighted by Crippen LogP contribution is -2.11. The molecule has 1 aromatic heterocycles. The molecular formula is C14H13BrClNOS. The van der Waals surface area contributed by atoms with Gasteiger partial charge in [-0.05, 0) is 52.4 Å². The van der Waals surface area contributed by atoms with Gasteiger partial charge in [-0.2, -0.15) is 0 Å². The van der Waals surface area contributed by atoms with Crippen LogP contribution in [0.5, 0.6) is 0 Å². The van der Waals surface area contributed by atoms with Gasteiger partial charge in [0, 0.05) is 11.3 Å². The Morgan fingerprint density at radius 2 is 2.16 bits per heavy atom. The van der Waals surface area contributed by atoms with Gasteiger partial charge in [-0.25, -0.2) is 0 Å². The third kappa shape index (κ3) is 4.34. The first-order valence-electron chi connectivity index (χ1n) is 5.93. The van der Waals surface area contributed by atoms with Crippen LogP contribution < -0.4 is 5.32 Å². The first kappa shape index (κ1) is 14.6. The molecule has 5 heteroatoms. The highest BCUT2D eigenvalue weighted by Crippen LogP contribution is 2.30. The summed E-state index contributed by atoms with van der Waals surface area (Å²) in [6.45, 7) is 0. The number of rotatable bonds is 5. The Balaban J connectivity index is 1.82. The molecule has 0 atom stereocenters. The minimum Gasteiger partial charge on any atom is -0.325 e. The molecule has 0 unspecified atom stereocenters. The zero-order valence-corrected chi connectivity index (χ0v) is 13.3. The Bertz CT molecular complexity index is 557. The molecule has 19 heavy (non-hydrogen) atoms. The van der Waals surface area contributed by atoms with E-state index in [0.717, 1.165) is 17.3 Å². The molecule has 100 valence electrons. The summed E-state index contributed by atoms with van der Waals surface area (Å²) in [5, 5.41) is 5.51. The summed E-state index contributed by atoms with van der Waals surface area (Å²) in [7, 11) is 0. The van der Waals surface area contributed by atoms with Crippen LogP contribution in [0.2, 0.25) is 5.02 Å². The summed E-state index contributed by atoms with van der Waals surface area (Å²) in [4.78, 5) is 13.1. The highest BCUT2D eigenvalue weighted by molar-refractivity contribution is 9.10. The summed E-state index contributed by atoms with van der Waals surface area (Å²) in [5.41, 5.74) is 0.716. The van der Waals surface area contributed by atoms with Crippen molar-refractivity contribution in [3.63, 3.8) is 0 Å². The fourth-order valence-electron chi connectivity index (χ4n) is 1.69.